The Kier molecular flexibility index (Phi) is 3.27. The summed E-state index contributed by atoms with van der Waals surface area (Å²) >= 11 is 0. The number of fused-ring (bicyclic) bond motifs is 1. The average molecular weight is 260 g/mol. The summed E-state index contributed by atoms with van der Waals surface area (Å²) in [5.74, 6) is 0. The first-order chi connectivity index (χ1) is 9.05. The van der Waals surface area contributed by atoms with Gasteiger partial charge in [0.2, 0.25) is 0 Å². The lowest BCUT2D eigenvalue weighted by Gasteiger charge is -2.28. The minimum atomic E-state index is 0.250. The fourth-order valence-electron chi connectivity index (χ4n) is 3.16. The molecule has 2 N–H and O–H groups in total. The Morgan fingerprint density at radius 1 is 1.32 bits per heavy atom. The zero-order chi connectivity index (χ0) is 13.5. The van der Waals surface area contributed by atoms with Crippen molar-refractivity contribution in [2.75, 3.05) is 18.5 Å². The van der Waals surface area contributed by atoms with Crippen LogP contribution in [-0.2, 0) is 11.3 Å². The van der Waals surface area contributed by atoms with Gasteiger partial charge in [0, 0.05) is 24.9 Å². The molecular weight excluding hydrogens is 236 g/mol. The smallest absolute Gasteiger partial charge is 0.0668 e. The second kappa shape index (κ2) is 4.80. The summed E-state index contributed by atoms with van der Waals surface area (Å²) in [5, 5.41) is 7.30. The second-order valence-corrected chi connectivity index (χ2v) is 6.76. The molecule has 0 aromatic heterocycles. The van der Waals surface area contributed by atoms with Crippen LogP contribution in [0.2, 0.25) is 0 Å². The van der Waals surface area contributed by atoms with E-state index in [2.05, 4.69) is 49.6 Å². The van der Waals surface area contributed by atoms with Crippen LogP contribution < -0.4 is 10.6 Å². The van der Waals surface area contributed by atoms with Crippen molar-refractivity contribution in [3.8, 4) is 0 Å². The van der Waals surface area contributed by atoms with Crippen LogP contribution in [0.25, 0.3) is 0 Å². The highest BCUT2D eigenvalue weighted by Crippen LogP contribution is 2.41. The van der Waals surface area contributed by atoms with Crippen LogP contribution in [-0.4, -0.2) is 19.3 Å². The Balaban J connectivity index is 1.86. The van der Waals surface area contributed by atoms with Crippen LogP contribution >= 0.6 is 0 Å². The van der Waals surface area contributed by atoms with Gasteiger partial charge < -0.3 is 15.4 Å². The Labute approximate surface area is 115 Å². The molecule has 2 heterocycles. The first-order valence-corrected chi connectivity index (χ1v) is 7.25. The van der Waals surface area contributed by atoms with E-state index in [4.69, 9.17) is 4.74 Å². The SMILES string of the molecule is CC(C)(C)[C@H]1NCc2c(NC3CCOC3)cccc21. The van der Waals surface area contributed by atoms with Crippen LogP contribution in [0.3, 0.4) is 0 Å². The molecule has 3 nitrogen and oxygen atoms in total. The molecular formula is C16H24N2O. The summed E-state index contributed by atoms with van der Waals surface area (Å²) in [6.07, 6.45) is 1.11. The van der Waals surface area contributed by atoms with Gasteiger partial charge >= 0.3 is 0 Å². The Bertz CT molecular complexity index is 458. The van der Waals surface area contributed by atoms with Gasteiger partial charge in [0.1, 0.15) is 0 Å². The lowest BCUT2D eigenvalue weighted by molar-refractivity contribution is 0.195. The van der Waals surface area contributed by atoms with E-state index < -0.39 is 0 Å². The van der Waals surface area contributed by atoms with Gasteiger partial charge in [-0.2, -0.15) is 0 Å². The van der Waals surface area contributed by atoms with Crippen molar-refractivity contribution in [3.63, 3.8) is 0 Å². The number of anilines is 1. The van der Waals surface area contributed by atoms with Crippen LogP contribution in [0, 0.1) is 5.41 Å². The summed E-state index contributed by atoms with van der Waals surface area (Å²) in [6, 6.07) is 7.55. The summed E-state index contributed by atoms with van der Waals surface area (Å²) in [7, 11) is 0. The van der Waals surface area contributed by atoms with Crippen LogP contribution in [0.5, 0.6) is 0 Å². The summed E-state index contributed by atoms with van der Waals surface area (Å²) < 4.78 is 5.45. The molecule has 2 atom stereocenters. The van der Waals surface area contributed by atoms with Crippen LogP contribution in [0.4, 0.5) is 5.69 Å². The molecule has 19 heavy (non-hydrogen) atoms. The maximum atomic E-state index is 5.45. The molecule has 0 aliphatic carbocycles. The number of nitrogens with one attached hydrogen (secondary N) is 2. The Hall–Kier alpha value is -1.06. The van der Waals surface area contributed by atoms with Crippen molar-refractivity contribution < 1.29 is 4.74 Å². The Morgan fingerprint density at radius 2 is 2.16 bits per heavy atom. The number of hydrogen-bond acceptors (Lipinski definition) is 3. The highest BCUT2D eigenvalue weighted by atomic mass is 16.5. The van der Waals surface area contributed by atoms with Crippen molar-refractivity contribution in [2.24, 2.45) is 5.41 Å². The summed E-state index contributed by atoms with van der Waals surface area (Å²) in [4.78, 5) is 0. The van der Waals surface area contributed by atoms with Gasteiger partial charge in [0.05, 0.1) is 12.6 Å². The predicted octanol–water partition coefficient (Wildman–Crippen LogP) is 3.08. The summed E-state index contributed by atoms with van der Waals surface area (Å²) in [6.45, 7) is 9.57. The van der Waals surface area contributed by atoms with Gasteiger partial charge in [-0.25, -0.2) is 0 Å². The standard InChI is InChI=1S/C16H24N2O/c1-16(2,3)15-12-5-4-6-14(13(12)9-17-15)18-11-7-8-19-10-11/h4-6,11,15,17-18H,7-10H2,1-3H3/t11?,15-/m0/s1. The lowest BCUT2D eigenvalue weighted by Crippen LogP contribution is -2.26. The van der Waals surface area contributed by atoms with E-state index in [1.54, 1.807) is 0 Å². The molecule has 0 radical (unpaired) electrons. The van der Waals surface area contributed by atoms with Crippen molar-refractivity contribution in [3.05, 3.63) is 29.3 Å². The third-order valence-electron chi connectivity index (χ3n) is 4.16. The minimum Gasteiger partial charge on any atom is -0.380 e. The van der Waals surface area contributed by atoms with E-state index in [-0.39, 0.29) is 5.41 Å². The number of hydrogen-bond donors (Lipinski definition) is 2. The Morgan fingerprint density at radius 3 is 2.84 bits per heavy atom. The first kappa shape index (κ1) is 12.9. The molecule has 1 aromatic rings. The molecule has 1 aromatic carbocycles. The summed E-state index contributed by atoms with van der Waals surface area (Å²) in [5.41, 5.74) is 4.43. The molecule has 0 amide bonds. The largest absolute Gasteiger partial charge is 0.380 e. The van der Waals surface area contributed by atoms with Gasteiger partial charge in [-0.05, 0) is 29.0 Å². The molecule has 0 spiro atoms. The van der Waals surface area contributed by atoms with Gasteiger partial charge in [-0.1, -0.05) is 32.9 Å². The number of benzene rings is 1. The number of ether oxygens (including phenoxy) is 1. The van der Waals surface area contributed by atoms with Crippen molar-refractivity contribution in [1.82, 2.24) is 5.32 Å². The predicted molar refractivity (Wildman–Crippen MR) is 78.3 cm³/mol. The van der Waals surface area contributed by atoms with E-state index in [1.165, 1.54) is 16.8 Å². The molecule has 104 valence electrons. The van der Waals surface area contributed by atoms with Gasteiger partial charge in [-0.15, -0.1) is 0 Å². The maximum absolute atomic E-state index is 5.45. The quantitative estimate of drug-likeness (QED) is 0.857. The normalized spacial score (nSPS) is 26.5. The zero-order valence-corrected chi connectivity index (χ0v) is 12.1. The molecule has 2 aliphatic rings. The average Bonchev–Trinajstić information content (AvgIpc) is 2.96. The lowest BCUT2D eigenvalue weighted by atomic mass is 9.83. The van der Waals surface area contributed by atoms with Crippen molar-refractivity contribution in [1.29, 1.82) is 0 Å². The molecule has 1 unspecified atom stereocenters. The molecule has 0 bridgehead atoms. The third kappa shape index (κ3) is 2.49. The van der Waals surface area contributed by atoms with Gasteiger partial charge in [0.15, 0.2) is 0 Å². The highest BCUT2D eigenvalue weighted by Gasteiger charge is 2.33. The van der Waals surface area contributed by atoms with Crippen LogP contribution in [0.1, 0.15) is 44.4 Å². The van der Waals surface area contributed by atoms with Crippen LogP contribution in [0.15, 0.2) is 18.2 Å². The minimum absolute atomic E-state index is 0.250. The first-order valence-electron chi connectivity index (χ1n) is 7.25. The van der Waals surface area contributed by atoms with E-state index in [1.807, 2.05) is 0 Å². The molecule has 1 saturated heterocycles. The van der Waals surface area contributed by atoms with Gasteiger partial charge in [-0.3, -0.25) is 0 Å². The van der Waals surface area contributed by atoms with Crippen molar-refractivity contribution in [2.45, 2.75) is 45.8 Å². The monoisotopic (exact) mass is 260 g/mol. The highest BCUT2D eigenvalue weighted by molar-refractivity contribution is 5.58. The topological polar surface area (TPSA) is 33.3 Å². The fraction of sp³-hybridized carbons (Fsp3) is 0.625. The molecule has 3 heteroatoms. The van der Waals surface area contributed by atoms with E-state index in [0.29, 0.717) is 12.1 Å². The number of rotatable bonds is 2. The second-order valence-electron chi connectivity index (χ2n) is 6.76. The molecule has 0 saturated carbocycles. The fourth-order valence-corrected chi connectivity index (χ4v) is 3.16. The molecule has 1 fully saturated rings. The van der Waals surface area contributed by atoms with Gasteiger partial charge in [0.25, 0.3) is 0 Å². The molecule has 3 rings (SSSR count). The molecule has 2 aliphatic heterocycles. The van der Waals surface area contributed by atoms with E-state index in [9.17, 15) is 0 Å². The van der Waals surface area contributed by atoms with E-state index >= 15 is 0 Å². The van der Waals surface area contributed by atoms with E-state index in [0.717, 1.165) is 26.2 Å². The zero-order valence-electron chi connectivity index (χ0n) is 12.1. The third-order valence-corrected chi connectivity index (χ3v) is 4.16. The van der Waals surface area contributed by atoms with Crippen molar-refractivity contribution >= 4 is 5.69 Å². The maximum Gasteiger partial charge on any atom is 0.0668 e.